The summed E-state index contributed by atoms with van der Waals surface area (Å²) in [5, 5.41) is 0. The highest BCUT2D eigenvalue weighted by atomic mass is 31.2. The number of likely N-dealkylation sites (N-methyl/N-ethyl adjacent to an activating group) is 1. The molecule has 0 saturated heterocycles. The van der Waals surface area contributed by atoms with Gasteiger partial charge in [-0.15, -0.1) is 0 Å². The van der Waals surface area contributed by atoms with E-state index in [2.05, 4.69) is 86.8 Å². The van der Waals surface area contributed by atoms with Crippen LogP contribution in [0.2, 0.25) is 0 Å². The van der Waals surface area contributed by atoms with Crippen LogP contribution in [-0.2, 0) is 27.9 Å². The third kappa shape index (κ3) is 48.8. The molecule has 0 aliphatic rings. The number of rotatable bonds is 45. The monoisotopic (exact) mass is 877 g/mol. The second-order valence-corrected chi connectivity index (χ2v) is 18.9. The van der Waals surface area contributed by atoms with E-state index in [-0.39, 0.29) is 25.8 Å². The van der Waals surface area contributed by atoms with Gasteiger partial charge in [-0.25, -0.2) is 4.57 Å². The fourth-order valence-corrected chi connectivity index (χ4v) is 7.20. The Hall–Kier alpha value is -2.06. The maximum Gasteiger partial charge on any atom is 0.472 e. The molecule has 0 bridgehead atoms. The summed E-state index contributed by atoms with van der Waals surface area (Å²) >= 11 is 0. The molecule has 0 radical (unpaired) electrons. The summed E-state index contributed by atoms with van der Waals surface area (Å²) in [6.45, 7) is 5.47. The van der Waals surface area contributed by atoms with Crippen LogP contribution in [0, 0.1) is 0 Å². The van der Waals surface area contributed by atoms with Gasteiger partial charge < -0.3 is 18.9 Å². The van der Waals surface area contributed by atoms with E-state index >= 15 is 0 Å². The predicted octanol–water partition coefficient (Wildman–Crippen LogP) is 15.1. The van der Waals surface area contributed by atoms with Crippen LogP contribution in [0.4, 0.5) is 0 Å². The Labute approximate surface area is 376 Å². The summed E-state index contributed by atoms with van der Waals surface area (Å²) in [6.07, 6.45) is 57.9. The molecule has 0 saturated carbocycles. The van der Waals surface area contributed by atoms with E-state index in [1.165, 1.54) is 103 Å². The van der Waals surface area contributed by atoms with E-state index in [1.807, 2.05) is 21.1 Å². The molecule has 2 unspecified atom stereocenters. The number of quaternary nitrogens is 1. The van der Waals surface area contributed by atoms with Crippen molar-refractivity contribution in [3.63, 3.8) is 0 Å². The summed E-state index contributed by atoms with van der Waals surface area (Å²) in [5.74, 6) is -0.328. The standard InChI is InChI=1S/C52H94NO7P/c1-6-8-10-12-14-16-18-20-22-24-25-26-27-28-29-30-31-33-35-37-39-41-43-45-52(54)60-51(50-59-61(55,56)58-48-46-53(3,4)5)49-57-47-44-42-40-38-36-34-32-23-21-19-17-15-13-11-9-7-2/h8,10,14,16,20-23,25-26,28-29,51H,6-7,9,11-13,15,17-19,24,27,30-50H2,1-5H3/p+1/b10-8-,16-14-,22-20-,23-21-,26-25-,29-28-. The molecule has 9 heteroatoms. The maximum atomic E-state index is 12.7. The van der Waals surface area contributed by atoms with Crippen LogP contribution in [-0.4, -0.2) is 75.6 Å². The zero-order chi connectivity index (χ0) is 44.8. The van der Waals surface area contributed by atoms with Crippen LogP contribution in [0.1, 0.15) is 194 Å². The molecule has 8 nitrogen and oxygen atoms in total. The smallest absolute Gasteiger partial charge is 0.457 e. The number of carbonyl (C=O) groups excluding carboxylic acids is 1. The van der Waals surface area contributed by atoms with Crippen molar-refractivity contribution in [3.8, 4) is 0 Å². The minimum Gasteiger partial charge on any atom is -0.457 e. The van der Waals surface area contributed by atoms with Crippen LogP contribution in [0.15, 0.2) is 72.9 Å². The van der Waals surface area contributed by atoms with E-state index in [0.717, 1.165) is 70.6 Å². The highest BCUT2D eigenvalue weighted by Gasteiger charge is 2.26. The second-order valence-electron chi connectivity index (χ2n) is 17.5. The summed E-state index contributed by atoms with van der Waals surface area (Å²) in [4.78, 5) is 23.0. The first kappa shape index (κ1) is 58.9. The van der Waals surface area contributed by atoms with E-state index < -0.39 is 13.9 Å². The van der Waals surface area contributed by atoms with Gasteiger partial charge in [0.05, 0.1) is 34.4 Å². The lowest BCUT2D eigenvalue weighted by atomic mass is 10.1. The second kappa shape index (κ2) is 44.5. The van der Waals surface area contributed by atoms with Crippen LogP contribution in [0.3, 0.4) is 0 Å². The van der Waals surface area contributed by atoms with E-state index in [4.69, 9.17) is 18.5 Å². The molecule has 0 rings (SSSR count). The molecule has 0 heterocycles. The van der Waals surface area contributed by atoms with Crippen molar-refractivity contribution in [2.45, 2.75) is 200 Å². The zero-order valence-corrected chi connectivity index (χ0v) is 41.0. The molecule has 0 aliphatic carbocycles. The van der Waals surface area contributed by atoms with Gasteiger partial charge in [0.15, 0.2) is 0 Å². The number of phosphoric ester groups is 1. The molecule has 2 atom stereocenters. The first-order valence-corrected chi connectivity index (χ1v) is 26.2. The molecular formula is C52H95NO7P+. The number of unbranched alkanes of at least 4 members (excludes halogenated alkanes) is 19. The van der Waals surface area contributed by atoms with Crippen LogP contribution in [0.5, 0.6) is 0 Å². The van der Waals surface area contributed by atoms with Crippen molar-refractivity contribution in [3.05, 3.63) is 72.9 Å². The molecular weight excluding hydrogens is 782 g/mol. The molecule has 354 valence electrons. The van der Waals surface area contributed by atoms with Crippen molar-refractivity contribution in [2.24, 2.45) is 0 Å². The molecule has 0 aromatic carbocycles. The lowest BCUT2D eigenvalue weighted by Crippen LogP contribution is -2.37. The van der Waals surface area contributed by atoms with Gasteiger partial charge in [0.25, 0.3) is 0 Å². The first-order valence-electron chi connectivity index (χ1n) is 24.7. The van der Waals surface area contributed by atoms with Crippen LogP contribution < -0.4 is 0 Å². The lowest BCUT2D eigenvalue weighted by molar-refractivity contribution is -0.870. The molecule has 0 fully saturated rings. The quantitative estimate of drug-likeness (QED) is 0.0214. The van der Waals surface area contributed by atoms with Crippen molar-refractivity contribution in [1.82, 2.24) is 0 Å². The van der Waals surface area contributed by atoms with Gasteiger partial charge >= 0.3 is 13.8 Å². The molecule has 0 aliphatic heterocycles. The molecule has 0 aromatic heterocycles. The fraction of sp³-hybridized carbons (Fsp3) is 0.750. The maximum absolute atomic E-state index is 12.7. The van der Waals surface area contributed by atoms with Crippen molar-refractivity contribution >= 4 is 13.8 Å². The molecule has 1 N–H and O–H groups in total. The van der Waals surface area contributed by atoms with Gasteiger partial charge in [0, 0.05) is 13.0 Å². The summed E-state index contributed by atoms with van der Waals surface area (Å²) in [5.41, 5.74) is 0. The Balaban J connectivity index is 4.21. The average Bonchev–Trinajstić information content (AvgIpc) is 3.22. The molecule has 0 spiro atoms. The van der Waals surface area contributed by atoms with E-state index in [0.29, 0.717) is 24.1 Å². The van der Waals surface area contributed by atoms with Gasteiger partial charge in [-0.1, -0.05) is 177 Å². The number of nitrogens with zero attached hydrogens (tertiary/aromatic N) is 1. The normalized spacial score (nSPS) is 14.3. The average molecular weight is 877 g/mol. The predicted molar refractivity (Wildman–Crippen MR) is 261 cm³/mol. The molecule has 61 heavy (non-hydrogen) atoms. The minimum absolute atomic E-state index is 0.0818. The summed E-state index contributed by atoms with van der Waals surface area (Å²) < 4.78 is 35.1. The Morgan fingerprint density at radius 3 is 1.44 bits per heavy atom. The largest absolute Gasteiger partial charge is 0.472 e. The Kier molecular flexibility index (Phi) is 43.0. The lowest BCUT2D eigenvalue weighted by Gasteiger charge is -2.24. The molecule has 0 amide bonds. The van der Waals surface area contributed by atoms with Crippen LogP contribution in [0.25, 0.3) is 0 Å². The number of ether oxygens (including phenoxy) is 2. The van der Waals surface area contributed by atoms with E-state index in [9.17, 15) is 14.3 Å². The third-order valence-electron chi connectivity index (χ3n) is 10.3. The van der Waals surface area contributed by atoms with Crippen LogP contribution >= 0.6 is 7.82 Å². The minimum atomic E-state index is -4.29. The third-order valence-corrected chi connectivity index (χ3v) is 11.2. The van der Waals surface area contributed by atoms with E-state index in [1.54, 1.807) is 0 Å². The fourth-order valence-electron chi connectivity index (χ4n) is 6.46. The molecule has 0 aromatic rings. The Bertz CT molecular complexity index is 1200. The first-order chi connectivity index (χ1) is 29.6. The summed E-state index contributed by atoms with van der Waals surface area (Å²) in [6, 6.07) is 0. The number of carbonyl (C=O) groups is 1. The van der Waals surface area contributed by atoms with Gasteiger partial charge in [-0.3, -0.25) is 13.8 Å². The van der Waals surface area contributed by atoms with Gasteiger partial charge in [0.1, 0.15) is 19.3 Å². The van der Waals surface area contributed by atoms with Crippen molar-refractivity contribution in [2.75, 3.05) is 54.1 Å². The van der Waals surface area contributed by atoms with Gasteiger partial charge in [-0.05, 0) is 83.5 Å². The topological polar surface area (TPSA) is 91.3 Å². The number of hydrogen-bond donors (Lipinski definition) is 1. The Morgan fingerprint density at radius 1 is 0.525 bits per heavy atom. The number of hydrogen-bond acceptors (Lipinski definition) is 6. The summed E-state index contributed by atoms with van der Waals surface area (Å²) in [7, 11) is 1.65. The zero-order valence-electron chi connectivity index (χ0n) is 40.1. The number of esters is 1. The van der Waals surface area contributed by atoms with Gasteiger partial charge in [-0.2, -0.15) is 0 Å². The number of phosphoric acid groups is 1. The highest BCUT2D eigenvalue weighted by Crippen LogP contribution is 2.43. The Morgan fingerprint density at radius 2 is 0.951 bits per heavy atom. The van der Waals surface area contributed by atoms with Gasteiger partial charge in [0.2, 0.25) is 0 Å². The van der Waals surface area contributed by atoms with Crippen molar-refractivity contribution < 1.29 is 37.3 Å². The number of allylic oxidation sites excluding steroid dienone is 12. The van der Waals surface area contributed by atoms with Crippen molar-refractivity contribution in [1.29, 1.82) is 0 Å². The highest BCUT2D eigenvalue weighted by molar-refractivity contribution is 7.47. The SMILES string of the molecule is CC/C=C\C/C=C\C/C=C\C/C=C\C/C=C\CCCCCCCCCC(=O)OC(COCCCCCCCC/C=C\CCCCCCCC)COP(=O)(O)OCC[N+](C)(C)C.